The first kappa shape index (κ1) is 19.1. The van der Waals surface area contributed by atoms with Crippen LogP contribution in [0.4, 0.5) is 4.79 Å². The third kappa shape index (κ3) is 3.21. The minimum absolute atomic E-state index is 0.0324. The molecule has 1 unspecified atom stereocenters. The van der Waals surface area contributed by atoms with Gasteiger partial charge in [0, 0.05) is 12.0 Å². The lowest BCUT2D eigenvalue weighted by molar-refractivity contribution is -0.923. The van der Waals surface area contributed by atoms with Crippen LogP contribution in [-0.4, -0.2) is 49.8 Å². The molecule has 3 aliphatic rings. The molecule has 7 nitrogen and oxygen atoms in total. The predicted octanol–water partition coefficient (Wildman–Crippen LogP) is 1.10. The van der Waals surface area contributed by atoms with Gasteiger partial charge in [0.25, 0.3) is 5.91 Å². The normalized spacial score (nSPS) is 29.6. The van der Waals surface area contributed by atoms with Crippen LogP contribution in [0.2, 0.25) is 0 Å². The van der Waals surface area contributed by atoms with Crippen LogP contribution in [0.5, 0.6) is 11.5 Å². The van der Waals surface area contributed by atoms with Crippen LogP contribution in [0.25, 0.3) is 0 Å². The van der Waals surface area contributed by atoms with Crippen molar-refractivity contribution in [1.29, 1.82) is 0 Å². The molecule has 1 aromatic carbocycles. The van der Waals surface area contributed by atoms with E-state index in [9.17, 15) is 9.59 Å². The van der Waals surface area contributed by atoms with E-state index in [0.29, 0.717) is 18.3 Å². The number of carbonyl (C=O) groups excluding carboxylic acids is 2. The van der Waals surface area contributed by atoms with E-state index in [1.54, 1.807) is 14.2 Å². The summed E-state index contributed by atoms with van der Waals surface area (Å²) in [5, 5.41) is 3.02. The quantitative estimate of drug-likeness (QED) is 0.758. The topological polar surface area (TPSA) is 72.3 Å². The number of fused-ring (bicyclic) bond motifs is 1. The van der Waals surface area contributed by atoms with Crippen LogP contribution in [-0.2, 0) is 17.8 Å². The van der Waals surface area contributed by atoms with Crippen molar-refractivity contribution in [3.8, 4) is 11.5 Å². The van der Waals surface area contributed by atoms with Crippen LogP contribution in [0.15, 0.2) is 12.1 Å². The summed E-state index contributed by atoms with van der Waals surface area (Å²) in [7, 11) is 3.28. The Kier molecular flexibility index (Phi) is 4.95. The minimum Gasteiger partial charge on any atom is -0.493 e. The summed E-state index contributed by atoms with van der Waals surface area (Å²) in [6, 6.07) is 3.82. The zero-order valence-corrected chi connectivity index (χ0v) is 17.0. The predicted molar refractivity (Wildman–Crippen MR) is 103 cm³/mol. The third-order valence-electron chi connectivity index (χ3n) is 6.65. The Morgan fingerprint density at radius 1 is 1.14 bits per heavy atom. The van der Waals surface area contributed by atoms with Crippen molar-refractivity contribution in [2.45, 2.75) is 51.1 Å². The molecule has 152 valence electrons. The summed E-state index contributed by atoms with van der Waals surface area (Å²) in [6.07, 6.45) is 4.38. The average Bonchev–Trinajstić information content (AvgIpc) is 2.93. The van der Waals surface area contributed by atoms with Gasteiger partial charge in [-0.15, -0.1) is 0 Å². The number of benzene rings is 1. The lowest BCUT2D eigenvalue weighted by Gasteiger charge is -2.34. The molecule has 1 aromatic rings. The monoisotopic (exact) mass is 388 g/mol. The molecular formula is C21H30N3O4+. The van der Waals surface area contributed by atoms with Gasteiger partial charge in [-0.3, -0.25) is 4.79 Å². The molecule has 4 rings (SSSR count). The lowest BCUT2D eigenvalue weighted by Crippen LogP contribution is -3.13. The second-order valence-corrected chi connectivity index (χ2v) is 8.49. The highest BCUT2D eigenvalue weighted by atomic mass is 16.5. The number of nitrogens with zero attached hydrogens (tertiary/aromatic N) is 1. The molecule has 7 heteroatoms. The molecule has 1 saturated heterocycles. The van der Waals surface area contributed by atoms with E-state index in [1.807, 2.05) is 12.1 Å². The van der Waals surface area contributed by atoms with E-state index in [-0.39, 0.29) is 11.9 Å². The Balaban J connectivity index is 1.47. The number of amides is 3. The SMILES string of the molecule is COc1cc2c(cc1OC)C[NH+](CN1C(=O)NC3(CCC(C)CC3)C1=O)CC2. The summed E-state index contributed by atoms with van der Waals surface area (Å²) in [5.74, 6) is 2.05. The van der Waals surface area contributed by atoms with Crippen LogP contribution in [0, 0.1) is 5.92 Å². The smallest absolute Gasteiger partial charge is 0.329 e. The second kappa shape index (κ2) is 7.28. The molecule has 1 aliphatic carbocycles. The summed E-state index contributed by atoms with van der Waals surface area (Å²) in [5.41, 5.74) is 1.77. The van der Waals surface area contributed by atoms with E-state index in [1.165, 1.54) is 20.9 Å². The van der Waals surface area contributed by atoms with E-state index in [2.05, 4.69) is 12.2 Å². The third-order valence-corrected chi connectivity index (χ3v) is 6.65. The van der Waals surface area contributed by atoms with E-state index in [4.69, 9.17) is 9.47 Å². The molecular weight excluding hydrogens is 358 g/mol. The number of quaternary nitrogens is 1. The standard InChI is InChI=1S/C21H29N3O4/c1-14-4-7-21(8-5-14)19(25)24(20(26)22-21)13-23-9-6-15-10-17(27-2)18(28-3)11-16(15)12-23/h10-11,14H,4-9,12-13H2,1-3H3,(H,22,26)/p+1. The van der Waals surface area contributed by atoms with Gasteiger partial charge in [-0.25, -0.2) is 9.69 Å². The molecule has 28 heavy (non-hydrogen) atoms. The highest BCUT2D eigenvalue weighted by Crippen LogP contribution is 2.36. The maximum Gasteiger partial charge on any atom is 0.329 e. The number of rotatable bonds is 4. The molecule has 2 heterocycles. The number of hydrogen-bond acceptors (Lipinski definition) is 4. The van der Waals surface area contributed by atoms with Gasteiger partial charge in [0.15, 0.2) is 18.2 Å². The van der Waals surface area contributed by atoms with Crippen molar-refractivity contribution in [3.05, 3.63) is 23.3 Å². The van der Waals surface area contributed by atoms with Gasteiger partial charge in [0.1, 0.15) is 12.1 Å². The number of methoxy groups -OCH3 is 2. The maximum absolute atomic E-state index is 13.1. The average molecular weight is 388 g/mol. The first-order valence-electron chi connectivity index (χ1n) is 10.2. The number of nitrogens with one attached hydrogen (secondary N) is 2. The van der Waals surface area contributed by atoms with Crippen LogP contribution in [0.1, 0.15) is 43.7 Å². The Morgan fingerprint density at radius 3 is 2.43 bits per heavy atom. The fourth-order valence-electron chi connectivity index (χ4n) is 4.80. The van der Waals surface area contributed by atoms with Gasteiger partial charge >= 0.3 is 6.03 Å². The molecule has 2 aliphatic heterocycles. The zero-order valence-electron chi connectivity index (χ0n) is 17.0. The van der Waals surface area contributed by atoms with E-state index in [0.717, 1.165) is 50.9 Å². The molecule has 2 fully saturated rings. The second-order valence-electron chi connectivity index (χ2n) is 8.49. The number of hydrogen-bond donors (Lipinski definition) is 2. The van der Waals surface area contributed by atoms with Crippen LogP contribution in [0.3, 0.4) is 0 Å². The van der Waals surface area contributed by atoms with E-state index >= 15 is 0 Å². The Labute approximate surface area is 166 Å². The molecule has 0 aromatic heterocycles. The van der Waals surface area contributed by atoms with Crippen molar-refractivity contribution in [1.82, 2.24) is 10.2 Å². The lowest BCUT2D eigenvalue weighted by atomic mass is 9.77. The fourth-order valence-corrected chi connectivity index (χ4v) is 4.80. The number of imide groups is 1. The Bertz CT molecular complexity index is 786. The number of carbonyl (C=O) groups is 2. The first-order chi connectivity index (χ1) is 13.5. The van der Waals surface area contributed by atoms with Gasteiger partial charge in [-0.2, -0.15) is 0 Å². The van der Waals surface area contributed by atoms with Crippen molar-refractivity contribution in [3.63, 3.8) is 0 Å². The summed E-state index contributed by atoms with van der Waals surface area (Å²) < 4.78 is 10.8. The van der Waals surface area contributed by atoms with Crippen LogP contribution >= 0.6 is 0 Å². The highest BCUT2D eigenvalue weighted by Gasteiger charge is 2.53. The van der Waals surface area contributed by atoms with Crippen molar-refractivity contribution >= 4 is 11.9 Å². The molecule has 3 amide bonds. The summed E-state index contributed by atoms with van der Waals surface area (Å²) in [6.45, 7) is 4.26. The number of urea groups is 1. The first-order valence-corrected chi connectivity index (χ1v) is 10.2. The number of ether oxygens (including phenoxy) is 2. The van der Waals surface area contributed by atoms with Gasteiger partial charge in [0.05, 0.1) is 20.8 Å². The molecule has 2 N–H and O–H groups in total. The van der Waals surface area contributed by atoms with Crippen LogP contribution < -0.4 is 19.7 Å². The fraction of sp³-hybridized carbons (Fsp3) is 0.619. The summed E-state index contributed by atoms with van der Waals surface area (Å²) >= 11 is 0. The molecule has 1 spiro atoms. The van der Waals surface area contributed by atoms with Gasteiger partial charge < -0.3 is 19.7 Å². The van der Waals surface area contributed by atoms with Crippen molar-refractivity contribution < 1.29 is 24.0 Å². The van der Waals surface area contributed by atoms with Gasteiger partial charge in [0.2, 0.25) is 0 Å². The van der Waals surface area contributed by atoms with Gasteiger partial charge in [-0.05, 0) is 49.3 Å². The van der Waals surface area contributed by atoms with Crippen molar-refractivity contribution in [2.24, 2.45) is 5.92 Å². The van der Waals surface area contributed by atoms with Crippen molar-refractivity contribution in [2.75, 3.05) is 27.4 Å². The molecule has 1 atom stereocenters. The molecule has 0 bridgehead atoms. The Morgan fingerprint density at radius 2 is 1.79 bits per heavy atom. The molecule has 0 radical (unpaired) electrons. The van der Waals surface area contributed by atoms with Gasteiger partial charge in [-0.1, -0.05) is 6.92 Å². The maximum atomic E-state index is 13.1. The minimum atomic E-state index is -0.659. The Hall–Kier alpha value is -2.28. The zero-order chi connectivity index (χ0) is 19.9. The van der Waals surface area contributed by atoms with E-state index < -0.39 is 5.54 Å². The summed E-state index contributed by atoms with van der Waals surface area (Å²) in [4.78, 5) is 28.3. The largest absolute Gasteiger partial charge is 0.493 e. The highest BCUT2D eigenvalue weighted by molar-refractivity contribution is 6.06. The molecule has 1 saturated carbocycles.